The van der Waals surface area contributed by atoms with E-state index in [1.807, 2.05) is 12.1 Å². The Morgan fingerprint density at radius 2 is 1.83 bits per heavy atom. The molecule has 0 spiro atoms. The number of furan rings is 1. The minimum Gasteiger partial charge on any atom is -0.465 e. The Bertz CT molecular complexity index is 1100. The second kappa shape index (κ2) is 8.24. The van der Waals surface area contributed by atoms with Crippen molar-refractivity contribution in [3.8, 4) is 0 Å². The molecule has 1 N–H and O–H groups in total. The molecule has 0 radical (unpaired) electrons. The fourth-order valence-corrected chi connectivity index (χ4v) is 3.59. The van der Waals surface area contributed by atoms with Gasteiger partial charge in [-0.05, 0) is 60.9 Å². The second-order valence-electron chi connectivity index (χ2n) is 6.87. The van der Waals surface area contributed by atoms with E-state index < -0.39 is 11.9 Å². The summed E-state index contributed by atoms with van der Waals surface area (Å²) in [6, 6.07) is 15.2. The van der Waals surface area contributed by atoms with Gasteiger partial charge in [0.1, 0.15) is 0 Å². The van der Waals surface area contributed by atoms with Crippen LogP contribution in [0, 0.1) is 0 Å². The van der Waals surface area contributed by atoms with Gasteiger partial charge in [0.05, 0.1) is 24.5 Å². The predicted octanol–water partition coefficient (Wildman–Crippen LogP) is 3.91. The van der Waals surface area contributed by atoms with E-state index in [0.717, 1.165) is 24.1 Å². The molecule has 30 heavy (non-hydrogen) atoms. The van der Waals surface area contributed by atoms with Crippen molar-refractivity contribution in [2.45, 2.75) is 12.8 Å². The third-order valence-electron chi connectivity index (χ3n) is 5.01. The number of ether oxygens (including phenoxy) is 1. The van der Waals surface area contributed by atoms with Gasteiger partial charge in [-0.2, -0.15) is 0 Å². The van der Waals surface area contributed by atoms with E-state index in [1.165, 1.54) is 13.4 Å². The lowest BCUT2D eigenvalue weighted by Crippen LogP contribution is -2.35. The first-order valence-corrected chi connectivity index (χ1v) is 9.55. The maximum Gasteiger partial charge on any atom is 0.338 e. The van der Waals surface area contributed by atoms with Gasteiger partial charge in [0, 0.05) is 17.9 Å². The minimum atomic E-state index is -0.571. The summed E-state index contributed by atoms with van der Waals surface area (Å²) < 4.78 is 10.00. The average Bonchev–Trinajstić information content (AvgIpc) is 3.32. The number of esters is 1. The monoisotopic (exact) mass is 404 g/mol. The van der Waals surface area contributed by atoms with E-state index in [1.54, 1.807) is 47.4 Å². The Morgan fingerprint density at radius 1 is 1.03 bits per heavy atom. The van der Waals surface area contributed by atoms with Gasteiger partial charge >= 0.3 is 5.97 Å². The lowest BCUT2D eigenvalue weighted by molar-refractivity contribution is 0.0597. The summed E-state index contributed by atoms with van der Waals surface area (Å²) in [5, 5.41) is 2.83. The molecule has 3 aromatic rings. The van der Waals surface area contributed by atoms with E-state index in [4.69, 9.17) is 9.15 Å². The first-order valence-electron chi connectivity index (χ1n) is 9.55. The molecule has 0 saturated heterocycles. The standard InChI is InChI=1S/C23H20N2O5/c1-29-23(28)18-8-3-2-7-17(18)21(26)24-16-10-11-19-15(14-16)6-4-12-25(19)22(27)20-9-5-13-30-20/h2-3,5,7-11,13-14H,4,6,12H2,1H3,(H,24,26). The van der Waals surface area contributed by atoms with Crippen LogP contribution in [-0.4, -0.2) is 31.4 Å². The SMILES string of the molecule is COC(=O)c1ccccc1C(=O)Nc1ccc2c(c1)CCCN2C(=O)c1ccco1. The topological polar surface area (TPSA) is 88.9 Å². The predicted molar refractivity (Wildman–Crippen MR) is 111 cm³/mol. The third kappa shape index (κ3) is 3.69. The van der Waals surface area contributed by atoms with Crippen molar-refractivity contribution >= 4 is 29.2 Å². The molecule has 0 saturated carbocycles. The Hall–Kier alpha value is -3.87. The number of carbonyl (C=O) groups is 3. The number of rotatable bonds is 4. The molecule has 0 unspecified atom stereocenters. The molecule has 7 nitrogen and oxygen atoms in total. The van der Waals surface area contributed by atoms with Crippen LogP contribution >= 0.6 is 0 Å². The Labute approximate surface area is 173 Å². The highest BCUT2D eigenvalue weighted by Gasteiger charge is 2.25. The third-order valence-corrected chi connectivity index (χ3v) is 5.01. The number of carbonyl (C=O) groups excluding carboxylic acids is 3. The lowest BCUT2D eigenvalue weighted by Gasteiger charge is -2.29. The first-order chi connectivity index (χ1) is 14.6. The van der Waals surface area contributed by atoms with Crippen molar-refractivity contribution < 1.29 is 23.5 Å². The van der Waals surface area contributed by atoms with E-state index >= 15 is 0 Å². The van der Waals surface area contributed by atoms with Crippen LogP contribution in [-0.2, 0) is 11.2 Å². The molecule has 7 heteroatoms. The smallest absolute Gasteiger partial charge is 0.338 e. The number of hydrogen-bond donors (Lipinski definition) is 1. The van der Waals surface area contributed by atoms with Gasteiger partial charge in [0.2, 0.25) is 0 Å². The number of aryl methyl sites for hydroxylation is 1. The van der Waals surface area contributed by atoms with Crippen LogP contribution in [0.5, 0.6) is 0 Å². The number of amides is 2. The Morgan fingerprint density at radius 3 is 2.57 bits per heavy atom. The van der Waals surface area contributed by atoms with Gasteiger partial charge in [-0.15, -0.1) is 0 Å². The number of fused-ring (bicyclic) bond motifs is 1. The molecule has 2 aromatic carbocycles. The normalized spacial score (nSPS) is 12.8. The molecular weight excluding hydrogens is 384 g/mol. The van der Waals surface area contributed by atoms with Gasteiger partial charge in [-0.3, -0.25) is 9.59 Å². The van der Waals surface area contributed by atoms with Gasteiger partial charge in [0.15, 0.2) is 5.76 Å². The molecule has 0 bridgehead atoms. The van der Waals surface area contributed by atoms with Gasteiger partial charge in [-0.1, -0.05) is 12.1 Å². The summed E-state index contributed by atoms with van der Waals surface area (Å²) in [5.41, 5.74) is 2.78. The van der Waals surface area contributed by atoms with Crippen LogP contribution < -0.4 is 10.2 Å². The van der Waals surface area contributed by atoms with Crippen molar-refractivity contribution in [1.29, 1.82) is 0 Å². The number of hydrogen-bond acceptors (Lipinski definition) is 5. The maximum atomic E-state index is 12.8. The molecule has 1 aliphatic rings. The van der Waals surface area contributed by atoms with Gasteiger partial charge in [0.25, 0.3) is 11.8 Å². The van der Waals surface area contributed by atoms with Crippen molar-refractivity contribution in [3.05, 3.63) is 83.3 Å². The van der Waals surface area contributed by atoms with Crippen molar-refractivity contribution in [2.24, 2.45) is 0 Å². The maximum absolute atomic E-state index is 12.8. The zero-order valence-corrected chi connectivity index (χ0v) is 16.4. The molecule has 1 aromatic heterocycles. The largest absolute Gasteiger partial charge is 0.465 e. The fourth-order valence-electron chi connectivity index (χ4n) is 3.59. The molecule has 4 rings (SSSR count). The summed E-state index contributed by atoms with van der Waals surface area (Å²) in [6.45, 7) is 0.602. The molecule has 2 heterocycles. The highest BCUT2D eigenvalue weighted by molar-refractivity contribution is 6.11. The Kier molecular flexibility index (Phi) is 5.34. The van der Waals surface area contributed by atoms with Crippen molar-refractivity contribution in [3.63, 3.8) is 0 Å². The summed E-state index contributed by atoms with van der Waals surface area (Å²) in [6.07, 6.45) is 3.07. The van der Waals surface area contributed by atoms with E-state index in [9.17, 15) is 14.4 Å². The van der Waals surface area contributed by atoms with Gasteiger partial charge in [-0.25, -0.2) is 4.79 Å². The molecule has 2 amide bonds. The highest BCUT2D eigenvalue weighted by atomic mass is 16.5. The van der Waals surface area contributed by atoms with Crippen LogP contribution in [0.2, 0.25) is 0 Å². The van der Waals surface area contributed by atoms with Crippen LogP contribution in [0.15, 0.2) is 65.3 Å². The number of methoxy groups -OCH3 is 1. The molecule has 0 atom stereocenters. The summed E-state index contributed by atoms with van der Waals surface area (Å²) in [4.78, 5) is 39.1. The molecule has 0 aliphatic carbocycles. The van der Waals surface area contributed by atoms with Crippen LogP contribution in [0.1, 0.15) is 43.3 Å². The second-order valence-corrected chi connectivity index (χ2v) is 6.87. The van der Waals surface area contributed by atoms with E-state index in [0.29, 0.717) is 18.0 Å². The molecule has 0 fully saturated rings. The van der Waals surface area contributed by atoms with Crippen LogP contribution in [0.4, 0.5) is 11.4 Å². The zero-order chi connectivity index (χ0) is 21.1. The average molecular weight is 404 g/mol. The lowest BCUT2D eigenvalue weighted by atomic mass is 10.0. The molecule has 152 valence electrons. The molecular formula is C23H20N2O5. The summed E-state index contributed by atoms with van der Waals surface area (Å²) in [5.74, 6) is -0.877. The number of nitrogens with zero attached hydrogens (tertiary/aromatic N) is 1. The number of benzene rings is 2. The minimum absolute atomic E-state index is 0.190. The van der Waals surface area contributed by atoms with Crippen LogP contribution in [0.3, 0.4) is 0 Å². The first kappa shape index (κ1) is 19.4. The Balaban J connectivity index is 1.57. The number of anilines is 2. The quantitative estimate of drug-likeness (QED) is 0.666. The number of nitrogens with one attached hydrogen (secondary N) is 1. The summed E-state index contributed by atoms with van der Waals surface area (Å²) >= 11 is 0. The molecule has 1 aliphatic heterocycles. The highest BCUT2D eigenvalue weighted by Crippen LogP contribution is 2.31. The van der Waals surface area contributed by atoms with Crippen molar-refractivity contribution in [1.82, 2.24) is 0 Å². The van der Waals surface area contributed by atoms with Crippen molar-refractivity contribution in [2.75, 3.05) is 23.9 Å². The van der Waals surface area contributed by atoms with Gasteiger partial charge < -0.3 is 19.4 Å². The van der Waals surface area contributed by atoms with E-state index in [2.05, 4.69) is 5.32 Å². The van der Waals surface area contributed by atoms with Crippen LogP contribution in [0.25, 0.3) is 0 Å². The zero-order valence-electron chi connectivity index (χ0n) is 16.4. The fraction of sp³-hybridized carbons (Fsp3) is 0.174. The van der Waals surface area contributed by atoms with E-state index in [-0.39, 0.29) is 17.0 Å². The summed E-state index contributed by atoms with van der Waals surface area (Å²) in [7, 11) is 1.27.